The molecule has 1 aromatic carbocycles. The normalized spacial score (nSPS) is 14.2. The first kappa shape index (κ1) is 21.5. The van der Waals surface area contributed by atoms with Gasteiger partial charge in [0.15, 0.2) is 0 Å². The molecule has 3 aromatic rings. The average molecular weight is 444 g/mol. The third-order valence-electron chi connectivity index (χ3n) is 5.12. The van der Waals surface area contributed by atoms with Crippen molar-refractivity contribution in [2.75, 3.05) is 4.90 Å². The molecule has 0 saturated carbocycles. The number of benzene rings is 1. The van der Waals surface area contributed by atoms with E-state index in [0.29, 0.717) is 24.5 Å². The second-order valence-corrected chi connectivity index (χ2v) is 7.51. The van der Waals surface area contributed by atoms with E-state index < -0.39 is 29.2 Å². The Kier molecular flexibility index (Phi) is 5.41. The minimum atomic E-state index is -4.43. The molecule has 0 radical (unpaired) electrons. The Morgan fingerprint density at radius 1 is 1.19 bits per heavy atom. The molecule has 11 heteroatoms. The Balaban J connectivity index is 1.50. The van der Waals surface area contributed by atoms with Crippen LogP contribution in [0.1, 0.15) is 51.7 Å². The molecule has 2 N–H and O–H groups in total. The molecule has 1 atom stereocenters. The van der Waals surface area contributed by atoms with Crippen LogP contribution in [0.5, 0.6) is 0 Å². The van der Waals surface area contributed by atoms with Crippen LogP contribution < -0.4 is 15.8 Å². The topological polar surface area (TPSA) is 104 Å². The fourth-order valence-electron chi connectivity index (χ4n) is 3.43. The van der Waals surface area contributed by atoms with Crippen molar-refractivity contribution >= 4 is 11.9 Å². The highest BCUT2D eigenvalue weighted by Crippen LogP contribution is 2.30. The van der Waals surface area contributed by atoms with E-state index in [4.69, 9.17) is 0 Å². The number of aromatic nitrogens is 4. The number of anilines is 1. The van der Waals surface area contributed by atoms with Crippen LogP contribution in [-0.4, -0.2) is 25.8 Å². The molecule has 2 aromatic heterocycles. The molecular weight excluding hydrogens is 425 g/mol. The zero-order chi connectivity index (χ0) is 23.0. The molecule has 1 aliphatic heterocycles. The van der Waals surface area contributed by atoms with Crippen molar-refractivity contribution in [3.8, 4) is 0 Å². The highest BCUT2D eigenvalue weighted by molar-refractivity contribution is 5.92. The molecule has 0 saturated heterocycles. The lowest BCUT2D eigenvalue weighted by molar-refractivity contribution is -0.137. The molecule has 32 heavy (non-hydrogen) atoms. The molecule has 1 unspecified atom stereocenters. The SMILES string of the molecule is Cc1ncc2c(n1)CN(c1nc(C(=O)NC(C)c3ccc(C(F)(F)F)cc3)cc(=O)[nH]1)C2. The second-order valence-electron chi connectivity index (χ2n) is 7.51. The number of carbonyl (C=O) groups excluding carboxylic acids is 1. The molecular formula is C21H19F3N6O2. The van der Waals surface area contributed by atoms with Crippen molar-refractivity contribution in [2.24, 2.45) is 0 Å². The molecule has 0 fully saturated rings. The Labute approximate surface area is 180 Å². The minimum absolute atomic E-state index is 0.0965. The number of hydrogen-bond donors (Lipinski definition) is 2. The van der Waals surface area contributed by atoms with E-state index in [0.717, 1.165) is 29.5 Å². The van der Waals surface area contributed by atoms with Crippen LogP contribution >= 0.6 is 0 Å². The van der Waals surface area contributed by atoms with Crippen molar-refractivity contribution in [1.82, 2.24) is 25.3 Å². The van der Waals surface area contributed by atoms with Crippen LogP contribution in [0.4, 0.5) is 19.1 Å². The number of halogens is 3. The Hall–Kier alpha value is -3.76. The number of alkyl halides is 3. The molecule has 3 heterocycles. The number of nitrogens with one attached hydrogen (secondary N) is 2. The van der Waals surface area contributed by atoms with Gasteiger partial charge < -0.3 is 10.2 Å². The number of nitrogens with zero attached hydrogens (tertiary/aromatic N) is 4. The van der Waals surface area contributed by atoms with Crippen molar-refractivity contribution in [1.29, 1.82) is 0 Å². The van der Waals surface area contributed by atoms with Gasteiger partial charge in [-0.2, -0.15) is 13.2 Å². The smallest absolute Gasteiger partial charge is 0.344 e. The third kappa shape index (κ3) is 4.46. The van der Waals surface area contributed by atoms with Crippen molar-refractivity contribution in [3.63, 3.8) is 0 Å². The number of aromatic amines is 1. The number of amides is 1. The molecule has 0 spiro atoms. The fourth-order valence-corrected chi connectivity index (χ4v) is 3.43. The summed E-state index contributed by atoms with van der Waals surface area (Å²) >= 11 is 0. The maximum atomic E-state index is 12.7. The monoisotopic (exact) mass is 444 g/mol. The average Bonchev–Trinajstić information content (AvgIpc) is 3.16. The molecule has 1 aliphatic rings. The maximum Gasteiger partial charge on any atom is 0.416 e. The van der Waals surface area contributed by atoms with Crippen LogP contribution in [0.15, 0.2) is 41.3 Å². The third-order valence-corrected chi connectivity index (χ3v) is 5.12. The van der Waals surface area contributed by atoms with E-state index in [1.807, 2.05) is 0 Å². The lowest BCUT2D eigenvalue weighted by Gasteiger charge is -2.17. The van der Waals surface area contributed by atoms with Crippen LogP contribution in [0.2, 0.25) is 0 Å². The first-order valence-electron chi connectivity index (χ1n) is 9.76. The number of hydrogen-bond acceptors (Lipinski definition) is 6. The highest BCUT2D eigenvalue weighted by Gasteiger charge is 2.30. The Bertz CT molecular complexity index is 1220. The van der Waals surface area contributed by atoms with E-state index in [1.165, 1.54) is 12.1 Å². The second kappa shape index (κ2) is 8.06. The van der Waals surface area contributed by atoms with E-state index in [9.17, 15) is 22.8 Å². The van der Waals surface area contributed by atoms with Gasteiger partial charge >= 0.3 is 6.18 Å². The standard InChI is InChI=1S/C21H19F3N6O2/c1-11(13-3-5-15(6-4-13)21(22,23)24)26-19(32)16-7-18(31)29-20(28-16)30-9-14-8-25-12(2)27-17(14)10-30/h3-8,11H,9-10H2,1-2H3,(H,26,32)(H,28,29,31). The van der Waals surface area contributed by atoms with Crippen LogP contribution in [-0.2, 0) is 19.3 Å². The minimum Gasteiger partial charge on any atom is -0.344 e. The molecule has 0 bridgehead atoms. The van der Waals surface area contributed by atoms with Crippen molar-refractivity contribution in [3.05, 3.63) is 80.8 Å². The summed E-state index contributed by atoms with van der Waals surface area (Å²) in [6.07, 6.45) is -2.71. The van der Waals surface area contributed by atoms with Gasteiger partial charge in [0.25, 0.3) is 11.5 Å². The first-order valence-corrected chi connectivity index (χ1v) is 9.76. The van der Waals surface area contributed by atoms with E-state index in [-0.39, 0.29) is 11.6 Å². The maximum absolute atomic E-state index is 12.7. The van der Waals surface area contributed by atoms with Gasteiger partial charge in [0.2, 0.25) is 5.95 Å². The number of carbonyl (C=O) groups is 1. The molecule has 4 rings (SSSR count). The van der Waals surface area contributed by atoms with Crippen LogP contribution in [0, 0.1) is 6.92 Å². The van der Waals surface area contributed by atoms with Crippen LogP contribution in [0.3, 0.4) is 0 Å². The van der Waals surface area contributed by atoms with Gasteiger partial charge in [0, 0.05) is 24.4 Å². The number of rotatable bonds is 4. The quantitative estimate of drug-likeness (QED) is 0.641. The largest absolute Gasteiger partial charge is 0.416 e. The molecule has 8 nitrogen and oxygen atoms in total. The zero-order valence-corrected chi connectivity index (χ0v) is 17.2. The molecule has 1 amide bonds. The van der Waals surface area contributed by atoms with Crippen LogP contribution in [0.25, 0.3) is 0 Å². The fraction of sp³-hybridized carbons (Fsp3) is 0.286. The number of aryl methyl sites for hydroxylation is 1. The highest BCUT2D eigenvalue weighted by atomic mass is 19.4. The predicted molar refractivity (Wildman–Crippen MR) is 109 cm³/mol. The molecule has 166 valence electrons. The zero-order valence-electron chi connectivity index (χ0n) is 17.2. The molecule has 0 aliphatic carbocycles. The van der Waals surface area contributed by atoms with Gasteiger partial charge in [-0.05, 0) is 31.5 Å². The predicted octanol–water partition coefficient (Wildman–Crippen LogP) is 2.90. The van der Waals surface area contributed by atoms with Gasteiger partial charge in [-0.25, -0.2) is 15.0 Å². The number of fused-ring (bicyclic) bond motifs is 1. The summed E-state index contributed by atoms with van der Waals surface area (Å²) in [7, 11) is 0. The van der Waals surface area contributed by atoms with Gasteiger partial charge in [0.05, 0.1) is 23.8 Å². The Morgan fingerprint density at radius 2 is 1.91 bits per heavy atom. The summed E-state index contributed by atoms with van der Waals surface area (Å²) in [5, 5.41) is 2.66. The van der Waals surface area contributed by atoms with Gasteiger partial charge in [0.1, 0.15) is 11.5 Å². The van der Waals surface area contributed by atoms with E-state index in [1.54, 1.807) is 24.9 Å². The summed E-state index contributed by atoms with van der Waals surface area (Å²) in [4.78, 5) is 42.1. The summed E-state index contributed by atoms with van der Waals surface area (Å²) in [5.74, 6) is 0.245. The van der Waals surface area contributed by atoms with Crippen molar-refractivity contribution in [2.45, 2.75) is 39.2 Å². The lowest BCUT2D eigenvalue weighted by atomic mass is 10.1. The van der Waals surface area contributed by atoms with Gasteiger partial charge in [-0.1, -0.05) is 12.1 Å². The summed E-state index contributed by atoms with van der Waals surface area (Å²) in [6.45, 7) is 4.26. The first-order chi connectivity index (χ1) is 15.1. The lowest BCUT2D eigenvalue weighted by Crippen LogP contribution is -2.30. The summed E-state index contributed by atoms with van der Waals surface area (Å²) in [5.41, 5.74) is 0.851. The van der Waals surface area contributed by atoms with E-state index >= 15 is 0 Å². The Morgan fingerprint density at radius 3 is 2.59 bits per heavy atom. The number of H-pyrrole nitrogens is 1. The summed E-state index contributed by atoms with van der Waals surface area (Å²) < 4.78 is 38.2. The van der Waals surface area contributed by atoms with Gasteiger partial charge in [-0.15, -0.1) is 0 Å². The van der Waals surface area contributed by atoms with Gasteiger partial charge in [-0.3, -0.25) is 14.6 Å². The summed E-state index contributed by atoms with van der Waals surface area (Å²) in [6, 6.07) is 4.99. The van der Waals surface area contributed by atoms with Crippen molar-refractivity contribution < 1.29 is 18.0 Å². The van der Waals surface area contributed by atoms with E-state index in [2.05, 4.69) is 25.3 Å².